The van der Waals surface area contributed by atoms with Gasteiger partial charge in [-0.3, -0.25) is 14.3 Å². The third-order valence-electron chi connectivity index (χ3n) is 2.64. The molecule has 0 aliphatic heterocycles. The summed E-state index contributed by atoms with van der Waals surface area (Å²) in [7, 11) is 0. The minimum Gasteiger partial charge on any atom is -0.363 e. The third-order valence-corrected chi connectivity index (χ3v) is 2.64. The molecule has 0 unspecified atom stereocenters. The highest BCUT2D eigenvalue weighted by Crippen LogP contribution is 2.09. The van der Waals surface area contributed by atoms with Gasteiger partial charge in [0.15, 0.2) is 0 Å². The van der Waals surface area contributed by atoms with Crippen LogP contribution in [0.2, 0.25) is 0 Å². The van der Waals surface area contributed by atoms with Gasteiger partial charge in [-0.1, -0.05) is 12.1 Å². The second-order valence-electron chi connectivity index (χ2n) is 4.00. The van der Waals surface area contributed by atoms with Crippen LogP contribution in [0.4, 0.5) is 0 Å². The summed E-state index contributed by atoms with van der Waals surface area (Å²) in [5.74, 6) is -1.11. The first-order valence-electron chi connectivity index (χ1n) is 6.01. The van der Waals surface area contributed by atoms with E-state index in [9.17, 15) is 9.59 Å². The molecule has 0 saturated heterocycles. The molecule has 2 heterocycles. The molecule has 2 rings (SSSR count). The summed E-state index contributed by atoms with van der Waals surface area (Å²) >= 11 is 0. The minimum atomic E-state index is -0.783. The van der Waals surface area contributed by atoms with Crippen LogP contribution >= 0.6 is 0 Å². The van der Waals surface area contributed by atoms with Gasteiger partial charge in [0.1, 0.15) is 6.04 Å². The van der Waals surface area contributed by atoms with E-state index in [0.29, 0.717) is 6.42 Å². The van der Waals surface area contributed by atoms with Crippen molar-refractivity contribution < 1.29 is 14.1 Å². The molecule has 0 spiro atoms. The lowest BCUT2D eigenvalue weighted by Gasteiger charge is -2.14. The van der Waals surface area contributed by atoms with Crippen molar-refractivity contribution in [1.82, 2.24) is 25.2 Å². The molecule has 0 saturated carbocycles. The standard InChI is InChI=1S/C11H14N6O3/c1-2-7(17-5-3-4-14-17)11(19)13-6-8-15-10(9(12)18)16-20-8/h3-5,7H,2,6H2,1H3,(H2,12,18)(H,13,19)/t7-/m0/s1. The number of nitrogens with zero attached hydrogens (tertiary/aromatic N) is 4. The lowest BCUT2D eigenvalue weighted by atomic mass is 10.2. The van der Waals surface area contributed by atoms with Gasteiger partial charge in [0, 0.05) is 12.4 Å². The molecule has 1 atom stereocenters. The first-order valence-corrected chi connectivity index (χ1v) is 6.01. The highest BCUT2D eigenvalue weighted by molar-refractivity contribution is 5.88. The normalized spacial score (nSPS) is 12.1. The van der Waals surface area contributed by atoms with Gasteiger partial charge in [0.25, 0.3) is 11.7 Å². The first kappa shape index (κ1) is 13.7. The van der Waals surface area contributed by atoms with Gasteiger partial charge in [-0.25, -0.2) is 0 Å². The molecule has 3 N–H and O–H groups in total. The van der Waals surface area contributed by atoms with Crippen LogP contribution in [0.25, 0.3) is 0 Å². The van der Waals surface area contributed by atoms with Crippen molar-refractivity contribution in [3.63, 3.8) is 0 Å². The molecule has 2 amide bonds. The first-order chi connectivity index (χ1) is 9.61. The molecule has 2 aromatic rings. The highest BCUT2D eigenvalue weighted by Gasteiger charge is 2.19. The molecule has 0 radical (unpaired) electrons. The van der Waals surface area contributed by atoms with Crippen molar-refractivity contribution in [1.29, 1.82) is 0 Å². The molecule has 106 valence electrons. The van der Waals surface area contributed by atoms with E-state index in [1.165, 1.54) is 0 Å². The van der Waals surface area contributed by atoms with Crippen LogP contribution < -0.4 is 11.1 Å². The van der Waals surface area contributed by atoms with Crippen LogP contribution in [0.15, 0.2) is 23.0 Å². The van der Waals surface area contributed by atoms with Crippen molar-refractivity contribution in [3.05, 3.63) is 30.2 Å². The molecular weight excluding hydrogens is 264 g/mol. The van der Waals surface area contributed by atoms with E-state index in [4.69, 9.17) is 10.3 Å². The van der Waals surface area contributed by atoms with E-state index in [-0.39, 0.29) is 24.2 Å². The van der Waals surface area contributed by atoms with Crippen LogP contribution in [0.3, 0.4) is 0 Å². The number of carbonyl (C=O) groups excluding carboxylic acids is 2. The highest BCUT2D eigenvalue weighted by atomic mass is 16.5. The number of hydrogen-bond acceptors (Lipinski definition) is 6. The average molecular weight is 278 g/mol. The predicted octanol–water partition coefficient (Wildman–Crippen LogP) is -0.367. The van der Waals surface area contributed by atoms with Crippen molar-refractivity contribution in [2.75, 3.05) is 0 Å². The summed E-state index contributed by atoms with van der Waals surface area (Å²) in [6.45, 7) is 1.90. The van der Waals surface area contributed by atoms with Gasteiger partial charge >= 0.3 is 0 Å². The van der Waals surface area contributed by atoms with E-state index >= 15 is 0 Å². The number of nitrogens with two attached hydrogens (primary N) is 1. The Morgan fingerprint density at radius 1 is 1.55 bits per heavy atom. The van der Waals surface area contributed by atoms with Crippen molar-refractivity contribution in [2.45, 2.75) is 25.9 Å². The van der Waals surface area contributed by atoms with E-state index < -0.39 is 11.9 Å². The number of amides is 2. The maximum atomic E-state index is 12.0. The lowest BCUT2D eigenvalue weighted by molar-refractivity contribution is -0.125. The zero-order valence-corrected chi connectivity index (χ0v) is 10.8. The molecule has 9 nitrogen and oxygen atoms in total. The maximum absolute atomic E-state index is 12.0. The number of aromatic nitrogens is 4. The van der Waals surface area contributed by atoms with E-state index in [2.05, 4.69) is 20.6 Å². The predicted molar refractivity (Wildman–Crippen MR) is 66.2 cm³/mol. The van der Waals surface area contributed by atoms with Gasteiger partial charge in [-0.05, 0) is 12.5 Å². The zero-order chi connectivity index (χ0) is 14.5. The summed E-state index contributed by atoms with van der Waals surface area (Å²) in [4.78, 5) is 26.6. The number of hydrogen-bond donors (Lipinski definition) is 2. The Hall–Kier alpha value is -2.71. The van der Waals surface area contributed by atoms with E-state index in [1.807, 2.05) is 6.92 Å². The second kappa shape index (κ2) is 5.95. The van der Waals surface area contributed by atoms with Gasteiger partial charge in [0.05, 0.1) is 6.54 Å². The zero-order valence-electron chi connectivity index (χ0n) is 10.8. The Bertz CT molecular complexity index is 591. The summed E-state index contributed by atoms with van der Waals surface area (Å²) in [6.07, 6.45) is 3.91. The Morgan fingerprint density at radius 2 is 2.35 bits per heavy atom. The van der Waals surface area contributed by atoms with Gasteiger partial charge < -0.3 is 15.6 Å². The maximum Gasteiger partial charge on any atom is 0.290 e. The fraction of sp³-hybridized carbons (Fsp3) is 0.364. The average Bonchev–Trinajstić information content (AvgIpc) is 3.08. The van der Waals surface area contributed by atoms with Crippen LogP contribution in [-0.4, -0.2) is 31.7 Å². The fourth-order valence-electron chi connectivity index (χ4n) is 1.66. The lowest BCUT2D eigenvalue weighted by Crippen LogP contribution is -2.32. The molecule has 9 heteroatoms. The van der Waals surface area contributed by atoms with Crippen LogP contribution in [-0.2, 0) is 11.3 Å². The topological polar surface area (TPSA) is 129 Å². The third kappa shape index (κ3) is 2.99. The molecule has 20 heavy (non-hydrogen) atoms. The quantitative estimate of drug-likeness (QED) is 0.741. The number of rotatable bonds is 6. The minimum absolute atomic E-state index is 0.0247. The molecule has 0 aliphatic carbocycles. The SMILES string of the molecule is CC[C@@H](C(=O)NCc1nc(C(N)=O)no1)n1cccn1. The van der Waals surface area contributed by atoms with Crippen LogP contribution in [0.1, 0.15) is 35.9 Å². The molecule has 2 aromatic heterocycles. The van der Waals surface area contributed by atoms with Crippen molar-refractivity contribution >= 4 is 11.8 Å². The number of primary amides is 1. The Balaban J connectivity index is 1.95. The Morgan fingerprint density at radius 3 is 2.90 bits per heavy atom. The summed E-state index contributed by atoms with van der Waals surface area (Å²) in [6, 6.07) is 1.33. The Labute approximate surface area is 114 Å². The summed E-state index contributed by atoms with van der Waals surface area (Å²) < 4.78 is 6.35. The van der Waals surface area contributed by atoms with Gasteiger partial charge in [-0.15, -0.1) is 0 Å². The number of nitrogens with one attached hydrogen (secondary N) is 1. The summed E-state index contributed by atoms with van der Waals surface area (Å²) in [5, 5.41) is 10.1. The molecule has 0 aliphatic rings. The molecule has 0 aromatic carbocycles. The molecular formula is C11H14N6O3. The Kier molecular flexibility index (Phi) is 4.08. The summed E-state index contributed by atoms with van der Waals surface area (Å²) in [5.41, 5.74) is 4.99. The van der Waals surface area contributed by atoms with Gasteiger partial charge in [-0.2, -0.15) is 10.1 Å². The monoisotopic (exact) mass is 278 g/mol. The van der Waals surface area contributed by atoms with Gasteiger partial charge in [0.2, 0.25) is 11.8 Å². The smallest absolute Gasteiger partial charge is 0.290 e. The van der Waals surface area contributed by atoms with Crippen molar-refractivity contribution in [3.8, 4) is 0 Å². The number of carbonyl (C=O) groups is 2. The van der Waals surface area contributed by atoms with E-state index in [0.717, 1.165) is 0 Å². The fourth-order valence-corrected chi connectivity index (χ4v) is 1.66. The molecule has 0 bridgehead atoms. The molecule has 0 fully saturated rings. The van der Waals surface area contributed by atoms with Crippen LogP contribution in [0, 0.1) is 0 Å². The van der Waals surface area contributed by atoms with E-state index in [1.54, 1.807) is 23.1 Å². The second-order valence-corrected chi connectivity index (χ2v) is 4.00. The van der Waals surface area contributed by atoms with Crippen molar-refractivity contribution in [2.24, 2.45) is 5.73 Å². The van der Waals surface area contributed by atoms with Crippen LogP contribution in [0.5, 0.6) is 0 Å². The largest absolute Gasteiger partial charge is 0.363 e.